The van der Waals surface area contributed by atoms with Gasteiger partial charge in [0.2, 0.25) is 0 Å². The van der Waals surface area contributed by atoms with Crippen LogP contribution in [0.15, 0.2) is 6.07 Å². The summed E-state index contributed by atoms with van der Waals surface area (Å²) in [6.07, 6.45) is 7.89. The van der Waals surface area contributed by atoms with Gasteiger partial charge in [0, 0.05) is 24.4 Å². The summed E-state index contributed by atoms with van der Waals surface area (Å²) in [7, 11) is 1.94. The minimum atomic E-state index is 0.0721. The lowest BCUT2D eigenvalue weighted by atomic mass is 9.79. The molecule has 1 aliphatic rings. The Hall–Kier alpha value is -1.12. The fourth-order valence-electron chi connectivity index (χ4n) is 3.28. The van der Waals surface area contributed by atoms with Crippen molar-refractivity contribution in [3.8, 4) is 0 Å². The molecule has 1 heterocycles. The maximum atomic E-state index is 4.90. The summed E-state index contributed by atoms with van der Waals surface area (Å²) < 4.78 is 0. The van der Waals surface area contributed by atoms with E-state index < -0.39 is 0 Å². The molecule has 0 spiro atoms. The number of anilines is 1. The zero-order valence-electron chi connectivity index (χ0n) is 14.4. The summed E-state index contributed by atoms with van der Waals surface area (Å²) in [5.74, 6) is 3.50. The van der Waals surface area contributed by atoms with Gasteiger partial charge in [0.05, 0.1) is 5.69 Å². The van der Waals surface area contributed by atoms with Crippen LogP contribution in [-0.4, -0.2) is 17.0 Å². The number of nitrogens with one attached hydrogen (secondary N) is 1. The summed E-state index contributed by atoms with van der Waals surface area (Å²) >= 11 is 0. The third-order valence-corrected chi connectivity index (χ3v) is 4.68. The first-order chi connectivity index (χ1) is 9.94. The molecule has 1 aromatic rings. The second kappa shape index (κ2) is 6.76. The molecule has 118 valence electrons. The predicted molar refractivity (Wildman–Crippen MR) is 89.9 cm³/mol. The number of rotatable bonds is 4. The summed E-state index contributed by atoms with van der Waals surface area (Å²) in [5, 5.41) is 3.20. The van der Waals surface area contributed by atoms with Crippen LogP contribution in [-0.2, 0) is 5.41 Å². The van der Waals surface area contributed by atoms with Gasteiger partial charge in [-0.15, -0.1) is 0 Å². The topological polar surface area (TPSA) is 37.8 Å². The van der Waals surface area contributed by atoms with Crippen LogP contribution < -0.4 is 5.32 Å². The highest BCUT2D eigenvalue weighted by Gasteiger charge is 2.26. The first-order valence-corrected chi connectivity index (χ1v) is 8.51. The second-order valence-corrected chi connectivity index (χ2v) is 7.50. The molecule has 3 nitrogen and oxygen atoms in total. The van der Waals surface area contributed by atoms with Gasteiger partial charge in [-0.05, 0) is 31.6 Å². The van der Waals surface area contributed by atoms with Crippen molar-refractivity contribution < 1.29 is 0 Å². The SMILES string of the molecule is CCCC1CCC(c2nc(NC)cc(C(C)(C)C)n2)CC1. The van der Waals surface area contributed by atoms with E-state index >= 15 is 0 Å². The fourth-order valence-corrected chi connectivity index (χ4v) is 3.28. The molecule has 3 heteroatoms. The molecule has 1 aromatic heterocycles. The first kappa shape index (κ1) is 16.3. The van der Waals surface area contributed by atoms with E-state index in [9.17, 15) is 0 Å². The molecule has 0 atom stereocenters. The molecule has 1 saturated carbocycles. The largest absolute Gasteiger partial charge is 0.373 e. The van der Waals surface area contributed by atoms with Crippen molar-refractivity contribution in [2.75, 3.05) is 12.4 Å². The smallest absolute Gasteiger partial charge is 0.134 e. The Morgan fingerprint density at radius 2 is 1.81 bits per heavy atom. The maximum absolute atomic E-state index is 4.90. The van der Waals surface area contributed by atoms with Crippen molar-refractivity contribution in [2.24, 2.45) is 5.92 Å². The van der Waals surface area contributed by atoms with Crippen LogP contribution in [0.2, 0.25) is 0 Å². The highest BCUT2D eigenvalue weighted by molar-refractivity contribution is 5.37. The summed E-state index contributed by atoms with van der Waals surface area (Å²) in [6, 6.07) is 2.09. The molecule has 0 radical (unpaired) electrons. The number of hydrogen-bond acceptors (Lipinski definition) is 3. The predicted octanol–water partition coefficient (Wildman–Crippen LogP) is 4.89. The van der Waals surface area contributed by atoms with Gasteiger partial charge in [0.25, 0.3) is 0 Å². The molecule has 1 N–H and O–H groups in total. The second-order valence-electron chi connectivity index (χ2n) is 7.50. The van der Waals surface area contributed by atoms with Crippen LogP contribution in [0.25, 0.3) is 0 Å². The lowest BCUT2D eigenvalue weighted by molar-refractivity contribution is 0.301. The van der Waals surface area contributed by atoms with E-state index in [0.717, 1.165) is 23.3 Å². The Labute approximate surface area is 130 Å². The van der Waals surface area contributed by atoms with Crippen molar-refractivity contribution in [2.45, 2.75) is 77.6 Å². The third kappa shape index (κ3) is 4.18. The van der Waals surface area contributed by atoms with E-state index in [1.807, 2.05) is 7.05 Å². The van der Waals surface area contributed by atoms with Gasteiger partial charge in [-0.1, -0.05) is 40.5 Å². The van der Waals surface area contributed by atoms with E-state index in [-0.39, 0.29) is 5.41 Å². The van der Waals surface area contributed by atoms with Crippen molar-refractivity contribution in [3.63, 3.8) is 0 Å². The van der Waals surface area contributed by atoms with E-state index in [2.05, 4.69) is 39.1 Å². The normalized spacial score (nSPS) is 23.1. The van der Waals surface area contributed by atoms with Gasteiger partial charge < -0.3 is 5.32 Å². The first-order valence-electron chi connectivity index (χ1n) is 8.51. The monoisotopic (exact) mass is 289 g/mol. The maximum Gasteiger partial charge on any atom is 0.134 e. The Morgan fingerprint density at radius 3 is 2.33 bits per heavy atom. The Bertz CT molecular complexity index is 454. The van der Waals surface area contributed by atoms with E-state index in [1.54, 1.807) is 0 Å². The van der Waals surface area contributed by atoms with Crippen molar-refractivity contribution in [3.05, 3.63) is 17.6 Å². The summed E-state index contributed by atoms with van der Waals surface area (Å²) in [4.78, 5) is 9.63. The summed E-state index contributed by atoms with van der Waals surface area (Å²) in [5.41, 5.74) is 1.22. The minimum Gasteiger partial charge on any atom is -0.373 e. The molecule has 0 bridgehead atoms. The van der Waals surface area contributed by atoms with Gasteiger partial charge in [-0.25, -0.2) is 9.97 Å². The number of nitrogens with zero attached hydrogens (tertiary/aromatic N) is 2. The fraction of sp³-hybridized carbons (Fsp3) is 0.778. The lowest BCUT2D eigenvalue weighted by Gasteiger charge is -2.28. The molecular formula is C18H31N3. The molecule has 21 heavy (non-hydrogen) atoms. The molecule has 1 fully saturated rings. The number of aromatic nitrogens is 2. The van der Waals surface area contributed by atoms with Crippen LogP contribution in [0.5, 0.6) is 0 Å². The quantitative estimate of drug-likeness (QED) is 0.857. The standard InChI is InChI=1S/C18H31N3/c1-6-7-13-8-10-14(11-9-13)17-20-15(18(2,3)4)12-16(19-5)21-17/h12-14H,6-11H2,1-5H3,(H,19,20,21). The molecule has 0 aromatic carbocycles. The Kier molecular flexibility index (Phi) is 5.23. The van der Waals surface area contributed by atoms with Crippen LogP contribution in [0.4, 0.5) is 5.82 Å². The molecule has 2 rings (SSSR count). The average molecular weight is 289 g/mol. The zero-order chi connectivity index (χ0) is 15.5. The van der Waals surface area contributed by atoms with Gasteiger partial charge in [-0.3, -0.25) is 0 Å². The van der Waals surface area contributed by atoms with E-state index in [1.165, 1.54) is 38.5 Å². The van der Waals surface area contributed by atoms with Crippen molar-refractivity contribution in [1.82, 2.24) is 9.97 Å². The van der Waals surface area contributed by atoms with Gasteiger partial charge in [-0.2, -0.15) is 0 Å². The lowest BCUT2D eigenvalue weighted by Crippen LogP contribution is -2.20. The Balaban J connectivity index is 2.16. The van der Waals surface area contributed by atoms with Gasteiger partial charge in [0.1, 0.15) is 11.6 Å². The van der Waals surface area contributed by atoms with Crippen LogP contribution in [0.1, 0.15) is 83.7 Å². The highest BCUT2D eigenvalue weighted by atomic mass is 15.0. The molecule has 1 aliphatic carbocycles. The minimum absolute atomic E-state index is 0.0721. The molecular weight excluding hydrogens is 258 g/mol. The summed E-state index contributed by atoms with van der Waals surface area (Å²) in [6.45, 7) is 8.95. The van der Waals surface area contributed by atoms with E-state index in [0.29, 0.717) is 5.92 Å². The highest BCUT2D eigenvalue weighted by Crippen LogP contribution is 2.37. The molecule has 0 saturated heterocycles. The molecule has 0 aliphatic heterocycles. The van der Waals surface area contributed by atoms with E-state index in [4.69, 9.17) is 9.97 Å². The van der Waals surface area contributed by atoms with Crippen molar-refractivity contribution in [1.29, 1.82) is 0 Å². The van der Waals surface area contributed by atoms with Gasteiger partial charge >= 0.3 is 0 Å². The van der Waals surface area contributed by atoms with Crippen LogP contribution >= 0.6 is 0 Å². The van der Waals surface area contributed by atoms with Gasteiger partial charge in [0.15, 0.2) is 0 Å². The number of hydrogen-bond donors (Lipinski definition) is 1. The average Bonchev–Trinajstić information content (AvgIpc) is 2.47. The molecule has 0 unspecified atom stereocenters. The zero-order valence-corrected chi connectivity index (χ0v) is 14.4. The van der Waals surface area contributed by atoms with Crippen LogP contribution in [0.3, 0.4) is 0 Å². The van der Waals surface area contributed by atoms with Crippen LogP contribution in [0, 0.1) is 5.92 Å². The van der Waals surface area contributed by atoms with Crippen molar-refractivity contribution >= 4 is 5.82 Å². The molecule has 0 amide bonds. The Morgan fingerprint density at radius 1 is 1.14 bits per heavy atom. The third-order valence-electron chi connectivity index (χ3n) is 4.68.